The van der Waals surface area contributed by atoms with E-state index in [1.54, 1.807) is 0 Å². The fourth-order valence-corrected chi connectivity index (χ4v) is 17.1. The van der Waals surface area contributed by atoms with Crippen molar-refractivity contribution in [2.75, 3.05) is 47.7 Å². The zero-order valence-corrected chi connectivity index (χ0v) is 68.7. The Morgan fingerprint density at radius 3 is 0.797 bits per heavy atom. The van der Waals surface area contributed by atoms with Gasteiger partial charge >= 0.3 is 158 Å². The largest absolute Gasteiger partial charge is 0.500 e. The fourth-order valence-electron chi connectivity index (χ4n) is 15.3. The summed E-state index contributed by atoms with van der Waals surface area (Å²) in [4.78, 5) is 32.3. The van der Waals surface area contributed by atoms with Crippen LogP contribution in [0, 0.1) is 0 Å². The van der Waals surface area contributed by atoms with E-state index in [4.69, 9.17) is 32.2 Å². The molecule has 0 atom stereocenters. The molecule has 4 bridgehead atoms. The van der Waals surface area contributed by atoms with Crippen LogP contribution < -0.4 is 19.5 Å². The molecule has 1 N–H and O–H groups in total. The molecule has 0 aliphatic heterocycles. The number of ether oxygens (including phenoxy) is 4. The molecular formula is C76H56F51NO9Si. The van der Waals surface area contributed by atoms with Crippen LogP contribution in [0.5, 0.6) is 17.2 Å². The summed E-state index contributed by atoms with van der Waals surface area (Å²) >= 11 is 0. The van der Waals surface area contributed by atoms with Gasteiger partial charge in [0.15, 0.2) is 11.5 Å². The first kappa shape index (κ1) is 114. The first-order valence-electron chi connectivity index (χ1n) is 37.7. The van der Waals surface area contributed by atoms with Gasteiger partial charge in [-0.3, -0.25) is 9.59 Å². The number of carbonyl (C=O) groups is 2. The zero-order valence-electron chi connectivity index (χ0n) is 67.7. The number of halogens is 51. The smallest absolute Gasteiger partial charge is 0.490 e. The third-order valence-electron chi connectivity index (χ3n) is 22.7. The van der Waals surface area contributed by atoms with Gasteiger partial charge in [-0.25, -0.2) is 0 Å². The van der Waals surface area contributed by atoms with E-state index < -0.39 is 274 Å². The molecule has 0 heterocycles. The molecule has 0 unspecified atom stereocenters. The van der Waals surface area contributed by atoms with Crippen molar-refractivity contribution in [2.24, 2.45) is 0 Å². The molecule has 62 heteroatoms. The maximum atomic E-state index is 16.4. The van der Waals surface area contributed by atoms with Crippen LogP contribution >= 0.6 is 0 Å². The van der Waals surface area contributed by atoms with Gasteiger partial charge in [0, 0.05) is 65.0 Å². The van der Waals surface area contributed by atoms with Gasteiger partial charge in [0.2, 0.25) is 11.7 Å². The molecule has 11 rings (SSSR count). The Bertz CT molecular complexity index is 4990. The third kappa shape index (κ3) is 16.4. The van der Waals surface area contributed by atoms with Crippen LogP contribution in [-0.2, 0) is 45.0 Å². The number of amides is 1. The van der Waals surface area contributed by atoms with Crippen molar-refractivity contribution < 1.29 is 266 Å². The van der Waals surface area contributed by atoms with E-state index in [-0.39, 0.29) is 75.7 Å². The lowest BCUT2D eigenvalue weighted by atomic mass is 9.42. The fraction of sp³-hybridized carbons (Fsp3) is 0.579. The Morgan fingerprint density at radius 1 is 0.304 bits per heavy atom. The Morgan fingerprint density at radius 2 is 0.536 bits per heavy atom. The maximum Gasteiger partial charge on any atom is 0.500 e. The van der Waals surface area contributed by atoms with E-state index in [2.05, 4.69) is 5.32 Å². The number of nitrogens with one attached hydrogen (secondary N) is 1. The predicted molar refractivity (Wildman–Crippen MR) is 363 cm³/mol. The first-order valence-corrected chi connectivity index (χ1v) is 39.6. The van der Waals surface area contributed by atoms with Gasteiger partial charge in [-0.15, -0.1) is 0 Å². The summed E-state index contributed by atoms with van der Waals surface area (Å²) in [5.74, 6) is -196. The molecule has 0 saturated carbocycles. The van der Waals surface area contributed by atoms with E-state index in [9.17, 15) is 154 Å². The Hall–Kier alpha value is -9.03. The van der Waals surface area contributed by atoms with Gasteiger partial charge < -0.3 is 37.5 Å². The minimum Gasteiger partial charge on any atom is -0.490 e. The molecule has 10 nitrogen and oxygen atoms in total. The van der Waals surface area contributed by atoms with Crippen molar-refractivity contribution in [3.63, 3.8) is 0 Å². The Balaban J connectivity index is 1.31. The highest BCUT2D eigenvalue weighted by Crippen LogP contribution is 2.73. The molecule has 5 aromatic carbocycles. The lowest BCUT2D eigenvalue weighted by Crippen LogP contribution is -2.74. The number of hydrogen-bond donors (Lipinski definition) is 1. The normalized spacial score (nSPS) is 18.8. The quantitative estimate of drug-likeness (QED) is 0.0176. The second kappa shape index (κ2) is 35.8. The van der Waals surface area contributed by atoms with Crippen molar-refractivity contribution in [2.45, 2.75) is 223 Å². The average Bonchev–Trinajstić information content (AvgIpc) is 0.646. The summed E-state index contributed by atoms with van der Waals surface area (Å²) < 4.78 is 768. The number of hydrogen-bond acceptors (Lipinski definition) is 9. The van der Waals surface area contributed by atoms with Gasteiger partial charge in [0.05, 0.1) is 19.8 Å². The molecule has 0 radical (unpaired) electrons. The van der Waals surface area contributed by atoms with Crippen LogP contribution in [0.3, 0.4) is 0 Å². The highest BCUT2D eigenvalue weighted by atomic mass is 28.4. The SMILES string of the molecule is CO[Si](CCCNC(=O)C12c3ccccc3C(c3ccccc31)C1(C(=O)OCc3cc(OCCCC(F)(F)C(F)(F)C(F)(F)C(F)(F)C(F)(F)C(F)(F)C(F)(F)C(F)(F)F)c(OCCCC(F)(F)C(F)(F)C(F)(F)C(F)(F)C(F)(F)C(F)(F)C(F)(F)C(F)(F)F)c(OCCCC(F)(F)C(F)(F)C(F)(F)C(F)(F)C(F)(F)C(F)(F)C(F)(F)C(F)(F)F)c3)c3ccccc3C2c2ccccc21)(OC)OC. The molecule has 5 aromatic rings. The molecule has 6 aliphatic rings. The summed E-state index contributed by atoms with van der Waals surface area (Å²) in [6.07, 6.45) is -43.5. The number of benzene rings is 5. The van der Waals surface area contributed by atoms with Crippen LogP contribution in [0.2, 0.25) is 6.04 Å². The molecule has 0 aromatic heterocycles. The van der Waals surface area contributed by atoms with Crippen molar-refractivity contribution in [1.29, 1.82) is 0 Å². The van der Waals surface area contributed by atoms with E-state index >= 15 is 79.8 Å². The number of rotatable bonds is 44. The van der Waals surface area contributed by atoms with E-state index in [0.717, 1.165) is 0 Å². The standard InChI is InChI=1S/C76H56F51NO9Si/c1-131-138(132-2,133-3)31-15-27-128-49(129)54-40-20-8-4-16-36(40)47(37-17-5-9-21-41(37)54)55(42-22-10-6-18-38(42)46(54)39-19-7-11-23-43(39)55)50(130)137-34-35-32-44(134-28-12-24-51(77,78)56(83,84)59(89,90)62(95,96)65(101,102)68(107,108)71(113,114)74(119,120)121)48(136-30-14-26-53(81,82)58(87,88)61(93,94)64(99,100)67(105,106)70(111,112)73(117,118)76(125,126)127)45(33-35)135-29-13-25-52(79,80)57(85,86)60(91,92)63(97,98)66(103,104)69(109,110)72(115,116)75(122,123)124/h4-11,16-23,32-33,46-47H,12-15,24-31,34H2,1-3H3,(H,128,129). The topological polar surface area (TPSA) is 111 Å². The average molecular weight is 2120 g/mol. The summed E-state index contributed by atoms with van der Waals surface area (Å²) in [5, 5.41) is 2.93. The second-order valence-corrected chi connectivity index (χ2v) is 33.9. The summed E-state index contributed by atoms with van der Waals surface area (Å²) in [6.45, 7) is -9.42. The van der Waals surface area contributed by atoms with Crippen LogP contribution in [0.15, 0.2) is 109 Å². The van der Waals surface area contributed by atoms with Crippen LogP contribution in [0.1, 0.15) is 107 Å². The molecular weight excluding hydrogens is 2070 g/mol. The Labute approximate surface area is 737 Å². The maximum absolute atomic E-state index is 16.4. The Kier molecular flexibility index (Phi) is 29.7. The molecule has 138 heavy (non-hydrogen) atoms. The van der Waals surface area contributed by atoms with Crippen LogP contribution in [-0.4, -0.2) is 211 Å². The van der Waals surface area contributed by atoms with E-state index in [0.29, 0.717) is 0 Å². The van der Waals surface area contributed by atoms with Gasteiger partial charge in [0.25, 0.3) is 0 Å². The first-order chi connectivity index (χ1) is 62.0. The van der Waals surface area contributed by atoms with Crippen LogP contribution in [0.4, 0.5) is 224 Å². The van der Waals surface area contributed by atoms with Crippen molar-refractivity contribution >= 4 is 20.7 Å². The zero-order chi connectivity index (χ0) is 106. The molecule has 780 valence electrons. The monoisotopic (exact) mass is 2120 g/mol. The lowest BCUT2D eigenvalue weighted by Gasteiger charge is -2.58. The number of alkyl halides is 51. The van der Waals surface area contributed by atoms with Gasteiger partial charge in [-0.1, -0.05) is 97.1 Å². The van der Waals surface area contributed by atoms with E-state index in [1.807, 2.05) is 0 Å². The van der Waals surface area contributed by atoms with Crippen molar-refractivity contribution in [3.8, 4) is 17.2 Å². The second-order valence-electron chi connectivity index (χ2n) is 30.8. The highest BCUT2D eigenvalue weighted by Gasteiger charge is 2.99. The van der Waals surface area contributed by atoms with Crippen molar-refractivity contribution in [3.05, 3.63) is 159 Å². The van der Waals surface area contributed by atoms with Gasteiger partial charge in [-0.05, 0) is 87.9 Å². The lowest BCUT2D eigenvalue weighted by molar-refractivity contribution is -0.461. The molecule has 0 fully saturated rings. The summed E-state index contributed by atoms with van der Waals surface area (Å²) in [7, 11) is 0.362. The van der Waals surface area contributed by atoms with Gasteiger partial charge in [-0.2, -0.15) is 224 Å². The number of esters is 1. The third-order valence-corrected chi connectivity index (χ3v) is 25.5. The molecule has 0 saturated heterocycles. The van der Waals surface area contributed by atoms with Crippen molar-refractivity contribution in [1.82, 2.24) is 5.32 Å². The van der Waals surface area contributed by atoms with E-state index in [1.165, 1.54) is 118 Å². The molecule has 0 spiro atoms. The van der Waals surface area contributed by atoms with Crippen LogP contribution in [0.25, 0.3) is 0 Å². The summed E-state index contributed by atoms with van der Waals surface area (Å²) in [6, 6.07) is 21.4. The highest BCUT2D eigenvalue weighted by molar-refractivity contribution is 6.60. The minimum absolute atomic E-state index is 0.0259. The van der Waals surface area contributed by atoms with Gasteiger partial charge in [0.1, 0.15) is 17.4 Å². The summed E-state index contributed by atoms with van der Waals surface area (Å²) in [5.41, 5.74) is -5.95. The minimum atomic E-state index is -9.31. The molecule has 6 aliphatic carbocycles. The predicted octanol–water partition coefficient (Wildman–Crippen LogP) is 25.5. The molecule has 1 amide bonds. The number of carbonyl (C=O) groups excluding carboxylic acids is 2.